The first-order valence-electron chi connectivity index (χ1n) is 4.47. The number of rotatable bonds is 1. The third-order valence-electron chi connectivity index (χ3n) is 2.31. The minimum absolute atomic E-state index is 0.103. The van der Waals surface area contributed by atoms with Crippen molar-refractivity contribution in [3.63, 3.8) is 0 Å². The van der Waals surface area contributed by atoms with Crippen molar-refractivity contribution in [2.75, 3.05) is 13.1 Å². The molecule has 2 rings (SSSR count). The van der Waals surface area contributed by atoms with E-state index in [1.165, 1.54) is 4.90 Å². The topological polar surface area (TPSA) is 20.3 Å². The molecule has 0 aromatic heterocycles. The third-order valence-corrected chi connectivity index (χ3v) is 4.80. The van der Waals surface area contributed by atoms with Gasteiger partial charge in [0.2, 0.25) is 0 Å². The molecule has 0 spiro atoms. The van der Waals surface area contributed by atoms with Crippen LogP contribution in [0.2, 0.25) is 0 Å². The number of benzene rings is 1. The van der Waals surface area contributed by atoms with Gasteiger partial charge in [0.1, 0.15) is 6.17 Å². The molecule has 0 N–H and O–H groups in total. The molecule has 0 aliphatic carbocycles. The average molecular weight is 384 g/mol. The summed E-state index contributed by atoms with van der Waals surface area (Å²) in [5, 5.41) is 0. The van der Waals surface area contributed by atoms with E-state index in [4.69, 9.17) is 0 Å². The fraction of sp³-hybridized carbons (Fsp3) is 0.300. The van der Waals surface area contributed by atoms with Gasteiger partial charge in [0.15, 0.2) is 0 Å². The van der Waals surface area contributed by atoms with Crippen molar-refractivity contribution in [1.29, 1.82) is 0 Å². The van der Waals surface area contributed by atoms with E-state index in [1.54, 1.807) is 6.07 Å². The van der Waals surface area contributed by atoms with E-state index in [-0.39, 0.29) is 19.0 Å². The van der Waals surface area contributed by atoms with Crippen molar-refractivity contribution in [3.05, 3.63) is 31.8 Å². The maximum atomic E-state index is 12.6. The minimum Gasteiger partial charge on any atom is -0.333 e. The Morgan fingerprint density at radius 1 is 1.53 bits per heavy atom. The molecule has 1 fully saturated rings. The first-order valence-corrected chi connectivity index (χ1v) is 6.34. The monoisotopic (exact) mass is 383 g/mol. The van der Waals surface area contributed by atoms with Crippen LogP contribution in [0.4, 0.5) is 4.39 Å². The lowest BCUT2D eigenvalue weighted by Gasteiger charge is -2.34. The van der Waals surface area contributed by atoms with Crippen LogP contribution < -0.4 is 0 Å². The van der Waals surface area contributed by atoms with Crippen LogP contribution in [-0.2, 0) is 0 Å². The highest BCUT2D eigenvalue weighted by atomic mass is 127. The number of hydrogen-bond acceptors (Lipinski definition) is 1. The highest BCUT2D eigenvalue weighted by molar-refractivity contribution is 14.1. The summed E-state index contributed by atoms with van der Waals surface area (Å²) in [5.41, 5.74) is 0.605. The molecule has 1 aromatic rings. The van der Waals surface area contributed by atoms with Crippen molar-refractivity contribution in [2.24, 2.45) is 0 Å². The van der Waals surface area contributed by atoms with E-state index in [9.17, 15) is 9.18 Å². The summed E-state index contributed by atoms with van der Waals surface area (Å²) < 4.78 is 14.4. The Morgan fingerprint density at radius 3 is 2.80 bits per heavy atom. The zero-order valence-electron chi connectivity index (χ0n) is 7.71. The maximum Gasteiger partial charge on any atom is 0.255 e. The zero-order chi connectivity index (χ0) is 11.0. The Hall–Kier alpha value is -0.170. The number of halogens is 3. The molecule has 1 heterocycles. The standard InChI is InChI=1S/C10H8BrFINO/c11-9-7(2-1-3-8(9)13)10(15)14-4-6(12)5-14/h1-3,6H,4-5H2. The van der Waals surface area contributed by atoms with E-state index in [0.717, 1.165) is 8.04 Å². The lowest BCUT2D eigenvalue weighted by Crippen LogP contribution is -2.51. The van der Waals surface area contributed by atoms with Crippen LogP contribution >= 0.6 is 38.5 Å². The van der Waals surface area contributed by atoms with Gasteiger partial charge in [0, 0.05) is 8.04 Å². The quantitative estimate of drug-likeness (QED) is 0.683. The largest absolute Gasteiger partial charge is 0.333 e. The molecule has 1 aliphatic rings. The van der Waals surface area contributed by atoms with Gasteiger partial charge in [-0.1, -0.05) is 6.07 Å². The fourth-order valence-corrected chi connectivity index (χ4v) is 2.36. The number of carbonyl (C=O) groups excluding carboxylic acids is 1. The van der Waals surface area contributed by atoms with Crippen molar-refractivity contribution >= 4 is 44.4 Å². The second kappa shape index (κ2) is 4.37. The number of hydrogen-bond donors (Lipinski definition) is 0. The number of nitrogens with zero attached hydrogens (tertiary/aromatic N) is 1. The van der Waals surface area contributed by atoms with E-state index in [1.807, 2.05) is 12.1 Å². The minimum atomic E-state index is -0.851. The van der Waals surface area contributed by atoms with Crippen LogP contribution in [0, 0.1) is 3.57 Å². The van der Waals surface area contributed by atoms with Crippen molar-refractivity contribution in [2.45, 2.75) is 6.17 Å². The van der Waals surface area contributed by atoms with Gasteiger partial charge in [-0.15, -0.1) is 0 Å². The Labute approximate surface area is 109 Å². The second-order valence-electron chi connectivity index (χ2n) is 3.41. The molecule has 1 amide bonds. The maximum absolute atomic E-state index is 12.6. The number of amides is 1. The number of likely N-dealkylation sites (tertiary alicyclic amines) is 1. The van der Waals surface area contributed by atoms with Gasteiger partial charge in [-0.05, 0) is 50.7 Å². The molecular formula is C10H8BrFINO. The molecule has 0 saturated carbocycles. The van der Waals surface area contributed by atoms with Crippen LogP contribution in [0.15, 0.2) is 22.7 Å². The Bertz CT molecular complexity index is 406. The summed E-state index contributed by atoms with van der Waals surface area (Å²) in [6, 6.07) is 5.49. The van der Waals surface area contributed by atoms with Crippen LogP contribution in [0.1, 0.15) is 10.4 Å². The van der Waals surface area contributed by atoms with Crippen LogP contribution in [0.5, 0.6) is 0 Å². The van der Waals surface area contributed by atoms with Gasteiger partial charge in [-0.3, -0.25) is 4.79 Å². The molecule has 0 bridgehead atoms. The van der Waals surface area contributed by atoms with E-state index in [0.29, 0.717) is 5.56 Å². The summed E-state index contributed by atoms with van der Waals surface area (Å²) in [4.78, 5) is 13.4. The predicted octanol–water partition coefficient (Wildman–Crippen LogP) is 2.85. The lowest BCUT2D eigenvalue weighted by molar-refractivity contribution is 0.0399. The first kappa shape index (κ1) is 11.3. The van der Waals surface area contributed by atoms with Crippen molar-refractivity contribution in [1.82, 2.24) is 4.90 Å². The molecule has 2 nitrogen and oxygen atoms in total. The van der Waals surface area contributed by atoms with Crippen LogP contribution in [-0.4, -0.2) is 30.1 Å². The fourth-order valence-electron chi connectivity index (χ4n) is 1.43. The molecule has 1 saturated heterocycles. The highest BCUT2D eigenvalue weighted by Crippen LogP contribution is 2.26. The van der Waals surface area contributed by atoms with Crippen molar-refractivity contribution < 1.29 is 9.18 Å². The van der Waals surface area contributed by atoms with Gasteiger partial charge in [-0.25, -0.2) is 4.39 Å². The summed E-state index contributed by atoms with van der Waals surface area (Å²) >= 11 is 5.52. The molecule has 1 aromatic carbocycles. The predicted molar refractivity (Wildman–Crippen MR) is 67.7 cm³/mol. The average Bonchev–Trinajstić information content (AvgIpc) is 2.16. The second-order valence-corrected chi connectivity index (χ2v) is 5.36. The molecule has 0 atom stereocenters. The number of alkyl halides is 1. The third kappa shape index (κ3) is 2.18. The smallest absolute Gasteiger partial charge is 0.255 e. The van der Waals surface area contributed by atoms with Gasteiger partial charge >= 0.3 is 0 Å². The molecule has 15 heavy (non-hydrogen) atoms. The highest BCUT2D eigenvalue weighted by Gasteiger charge is 2.31. The lowest BCUT2D eigenvalue weighted by atomic mass is 10.1. The molecule has 1 aliphatic heterocycles. The van der Waals surface area contributed by atoms with E-state index < -0.39 is 6.17 Å². The van der Waals surface area contributed by atoms with Gasteiger partial charge in [0.05, 0.1) is 18.7 Å². The molecule has 0 radical (unpaired) electrons. The summed E-state index contributed by atoms with van der Waals surface area (Å²) in [6.07, 6.45) is -0.851. The van der Waals surface area contributed by atoms with Gasteiger partial charge < -0.3 is 4.90 Å². The first-order chi connectivity index (χ1) is 7.09. The van der Waals surface area contributed by atoms with Gasteiger partial charge in [0.25, 0.3) is 5.91 Å². The molecule has 80 valence electrons. The Balaban J connectivity index is 2.22. The van der Waals surface area contributed by atoms with E-state index >= 15 is 0 Å². The SMILES string of the molecule is O=C(c1cccc(I)c1Br)N1CC(F)C1. The summed E-state index contributed by atoms with van der Waals surface area (Å²) in [6.45, 7) is 0.438. The summed E-state index contributed by atoms with van der Waals surface area (Å²) in [7, 11) is 0. The molecule has 5 heteroatoms. The molecule has 0 unspecified atom stereocenters. The van der Waals surface area contributed by atoms with E-state index in [2.05, 4.69) is 38.5 Å². The zero-order valence-corrected chi connectivity index (χ0v) is 11.5. The normalized spacial score (nSPS) is 16.3. The Morgan fingerprint density at radius 2 is 2.20 bits per heavy atom. The van der Waals surface area contributed by atoms with Gasteiger partial charge in [-0.2, -0.15) is 0 Å². The number of carbonyl (C=O) groups is 1. The Kier molecular flexibility index (Phi) is 3.30. The molecular weight excluding hydrogens is 376 g/mol. The van der Waals surface area contributed by atoms with Crippen LogP contribution in [0.25, 0.3) is 0 Å². The summed E-state index contributed by atoms with van der Waals surface area (Å²) in [5.74, 6) is -0.103. The van der Waals surface area contributed by atoms with Crippen LogP contribution in [0.3, 0.4) is 0 Å². The van der Waals surface area contributed by atoms with Crippen molar-refractivity contribution in [3.8, 4) is 0 Å².